The molecule has 0 aliphatic heterocycles. The average Bonchev–Trinajstić information content (AvgIpc) is 2.38. The van der Waals surface area contributed by atoms with Gasteiger partial charge in [-0.2, -0.15) is 11.8 Å². The fraction of sp³-hybridized carbons (Fsp3) is 0.938. The van der Waals surface area contributed by atoms with Gasteiger partial charge in [-0.1, -0.05) is 33.1 Å². The molecule has 2 saturated carbocycles. The molecule has 2 aliphatic carbocycles. The van der Waals surface area contributed by atoms with Gasteiger partial charge in [0.25, 0.3) is 0 Å². The number of carboxylic acids is 1. The summed E-state index contributed by atoms with van der Waals surface area (Å²) in [5.41, 5.74) is 0. The van der Waals surface area contributed by atoms with E-state index in [2.05, 4.69) is 13.8 Å². The largest absolute Gasteiger partial charge is 0.481 e. The van der Waals surface area contributed by atoms with Crippen LogP contribution in [0, 0.1) is 17.8 Å². The minimum atomic E-state index is -0.559. The van der Waals surface area contributed by atoms with Gasteiger partial charge in [0, 0.05) is 10.5 Å². The lowest BCUT2D eigenvalue weighted by Gasteiger charge is -2.37. The molecule has 19 heavy (non-hydrogen) atoms. The minimum absolute atomic E-state index is 0.0926. The van der Waals surface area contributed by atoms with Crippen LogP contribution in [0.1, 0.15) is 65.2 Å². The van der Waals surface area contributed by atoms with Crippen molar-refractivity contribution in [1.82, 2.24) is 0 Å². The van der Waals surface area contributed by atoms with Crippen LogP contribution in [-0.4, -0.2) is 21.6 Å². The maximum Gasteiger partial charge on any atom is 0.307 e. The summed E-state index contributed by atoms with van der Waals surface area (Å²) in [5, 5.41) is 10.5. The van der Waals surface area contributed by atoms with Gasteiger partial charge in [-0.15, -0.1) is 0 Å². The minimum Gasteiger partial charge on any atom is -0.481 e. The summed E-state index contributed by atoms with van der Waals surface area (Å²) in [6.07, 6.45) is 9.65. The molecule has 2 nitrogen and oxygen atoms in total. The van der Waals surface area contributed by atoms with Crippen molar-refractivity contribution in [3.05, 3.63) is 0 Å². The quantitative estimate of drug-likeness (QED) is 0.821. The summed E-state index contributed by atoms with van der Waals surface area (Å²) in [7, 11) is 0. The van der Waals surface area contributed by atoms with Gasteiger partial charge >= 0.3 is 5.97 Å². The number of carbonyl (C=O) groups is 1. The number of hydrogen-bond acceptors (Lipinski definition) is 2. The Balaban J connectivity index is 1.94. The predicted molar refractivity (Wildman–Crippen MR) is 81.6 cm³/mol. The number of aliphatic carboxylic acids is 1. The monoisotopic (exact) mass is 284 g/mol. The van der Waals surface area contributed by atoms with Crippen molar-refractivity contribution in [2.45, 2.75) is 75.7 Å². The van der Waals surface area contributed by atoms with Crippen molar-refractivity contribution in [2.75, 3.05) is 0 Å². The van der Waals surface area contributed by atoms with Gasteiger partial charge in [0.15, 0.2) is 0 Å². The van der Waals surface area contributed by atoms with Crippen LogP contribution in [0.2, 0.25) is 0 Å². The van der Waals surface area contributed by atoms with E-state index in [1.54, 1.807) is 0 Å². The zero-order valence-corrected chi connectivity index (χ0v) is 13.1. The Bertz CT molecular complexity index is 305. The van der Waals surface area contributed by atoms with Crippen LogP contribution >= 0.6 is 11.8 Å². The summed E-state index contributed by atoms with van der Waals surface area (Å²) in [6.45, 7) is 4.59. The van der Waals surface area contributed by atoms with Crippen LogP contribution in [0.25, 0.3) is 0 Å². The number of carboxylic acid groups (broad SMARTS) is 1. The third kappa shape index (κ3) is 4.14. The topological polar surface area (TPSA) is 37.3 Å². The van der Waals surface area contributed by atoms with E-state index in [1.165, 1.54) is 32.1 Å². The molecule has 0 bridgehead atoms. The van der Waals surface area contributed by atoms with E-state index in [0.29, 0.717) is 10.5 Å². The van der Waals surface area contributed by atoms with Crippen LogP contribution in [0.3, 0.4) is 0 Å². The Morgan fingerprint density at radius 1 is 1.21 bits per heavy atom. The molecule has 1 N–H and O–H groups in total. The van der Waals surface area contributed by atoms with Crippen LogP contribution in [0.15, 0.2) is 0 Å². The van der Waals surface area contributed by atoms with E-state index in [-0.39, 0.29) is 5.92 Å². The lowest BCUT2D eigenvalue weighted by Crippen LogP contribution is -2.34. The third-order valence-electron chi connectivity index (χ3n) is 5.05. The van der Waals surface area contributed by atoms with Crippen molar-refractivity contribution in [3.8, 4) is 0 Å². The Kier molecular flexibility index (Phi) is 5.61. The molecular weight excluding hydrogens is 256 g/mol. The SMILES string of the molecule is CCC1CCC(C(=O)O)C(SC2CCCC(C)C2)C1. The molecule has 110 valence electrons. The summed E-state index contributed by atoms with van der Waals surface area (Å²) in [5.74, 6) is 0.940. The Morgan fingerprint density at radius 3 is 2.63 bits per heavy atom. The van der Waals surface area contributed by atoms with Crippen LogP contribution in [0.4, 0.5) is 0 Å². The summed E-state index contributed by atoms with van der Waals surface area (Å²) >= 11 is 2.02. The molecule has 5 atom stereocenters. The first kappa shape index (κ1) is 15.2. The van der Waals surface area contributed by atoms with Crippen molar-refractivity contribution < 1.29 is 9.90 Å². The van der Waals surface area contributed by atoms with Crippen molar-refractivity contribution >= 4 is 17.7 Å². The molecule has 2 rings (SSSR count). The van der Waals surface area contributed by atoms with Crippen molar-refractivity contribution in [1.29, 1.82) is 0 Å². The van der Waals surface area contributed by atoms with Gasteiger partial charge in [-0.25, -0.2) is 0 Å². The molecule has 0 spiro atoms. The fourth-order valence-corrected chi connectivity index (χ4v) is 5.83. The molecule has 2 fully saturated rings. The first-order chi connectivity index (χ1) is 9.10. The zero-order chi connectivity index (χ0) is 13.8. The highest BCUT2D eigenvalue weighted by Crippen LogP contribution is 2.43. The first-order valence-corrected chi connectivity index (χ1v) is 8.92. The number of hydrogen-bond donors (Lipinski definition) is 1. The summed E-state index contributed by atoms with van der Waals surface area (Å²) < 4.78 is 0. The van der Waals surface area contributed by atoms with Crippen LogP contribution < -0.4 is 0 Å². The molecular formula is C16H28O2S. The maximum absolute atomic E-state index is 11.5. The molecule has 2 aliphatic rings. The number of thioether (sulfide) groups is 1. The van der Waals surface area contributed by atoms with Gasteiger partial charge in [-0.3, -0.25) is 4.79 Å². The molecule has 0 saturated heterocycles. The normalized spacial score (nSPS) is 40.0. The standard InChI is InChI=1S/C16H28O2S/c1-3-12-7-8-14(16(17)18)15(10-12)19-13-6-4-5-11(2)9-13/h11-15H,3-10H2,1-2H3,(H,17,18). The van der Waals surface area contributed by atoms with Gasteiger partial charge in [0.05, 0.1) is 5.92 Å². The molecule has 5 unspecified atom stereocenters. The molecule has 0 radical (unpaired) electrons. The van der Waals surface area contributed by atoms with Gasteiger partial charge < -0.3 is 5.11 Å². The molecule has 0 heterocycles. The van der Waals surface area contributed by atoms with Gasteiger partial charge in [-0.05, 0) is 43.9 Å². The molecule has 0 aromatic carbocycles. The molecule has 0 aromatic rings. The van der Waals surface area contributed by atoms with Crippen molar-refractivity contribution in [3.63, 3.8) is 0 Å². The molecule has 0 aromatic heterocycles. The van der Waals surface area contributed by atoms with E-state index in [9.17, 15) is 9.90 Å². The second-order valence-corrected chi connectivity index (χ2v) is 8.14. The van der Waals surface area contributed by atoms with E-state index in [1.807, 2.05) is 11.8 Å². The second kappa shape index (κ2) is 7.01. The fourth-order valence-electron chi connectivity index (χ4n) is 3.76. The highest BCUT2D eigenvalue weighted by molar-refractivity contribution is 8.00. The Morgan fingerprint density at radius 2 is 2.00 bits per heavy atom. The van der Waals surface area contributed by atoms with E-state index in [4.69, 9.17) is 0 Å². The van der Waals surface area contributed by atoms with E-state index < -0.39 is 5.97 Å². The first-order valence-electron chi connectivity index (χ1n) is 7.98. The smallest absolute Gasteiger partial charge is 0.307 e. The third-order valence-corrected chi connectivity index (χ3v) is 6.73. The average molecular weight is 284 g/mol. The summed E-state index contributed by atoms with van der Waals surface area (Å²) in [4.78, 5) is 11.5. The highest BCUT2D eigenvalue weighted by atomic mass is 32.2. The maximum atomic E-state index is 11.5. The van der Waals surface area contributed by atoms with E-state index >= 15 is 0 Å². The summed E-state index contributed by atoms with van der Waals surface area (Å²) in [6, 6.07) is 0. The van der Waals surface area contributed by atoms with E-state index in [0.717, 1.165) is 31.1 Å². The molecule has 3 heteroatoms. The Labute approximate surface area is 121 Å². The Hall–Kier alpha value is -0.180. The van der Waals surface area contributed by atoms with Gasteiger partial charge in [0.1, 0.15) is 0 Å². The van der Waals surface area contributed by atoms with Gasteiger partial charge in [0.2, 0.25) is 0 Å². The lowest BCUT2D eigenvalue weighted by molar-refractivity contribution is -0.142. The van der Waals surface area contributed by atoms with Crippen LogP contribution in [0.5, 0.6) is 0 Å². The number of rotatable bonds is 4. The predicted octanol–water partition coefficient (Wildman–Crippen LogP) is 4.58. The lowest BCUT2D eigenvalue weighted by atomic mass is 9.80. The highest BCUT2D eigenvalue weighted by Gasteiger charge is 2.36. The zero-order valence-electron chi connectivity index (χ0n) is 12.3. The van der Waals surface area contributed by atoms with Crippen LogP contribution in [-0.2, 0) is 4.79 Å². The van der Waals surface area contributed by atoms with Crippen molar-refractivity contribution in [2.24, 2.45) is 17.8 Å². The second-order valence-electron chi connectivity index (χ2n) is 6.60. The molecule has 0 amide bonds.